The molecule has 0 saturated heterocycles. The second kappa shape index (κ2) is 8.28. The average molecular weight is 345 g/mol. The van der Waals surface area contributed by atoms with Crippen LogP contribution < -0.4 is 5.73 Å². The fourth-order valence-corrected chi connectivity index (χ4v) is 2.80. The fraction of sp³-hybridized carbons (Fsp3) is 0.263. The molecule has 0 fully saturated rings. The third-order valence-corrected chi connectivity index (χ3v) is 4.09. The molecule has 6 heteroatoms. The van der Waals surface area contributed by atoms with Crippen molar-refractivity contribution < 1.29 is 23.5 Å². The Bertz CT molecular complexity index is 732. The van der Waals surface area contributed by atoms with E-state index in [0.29, 0.717) is 5.56 Å². The van der Waals surface area contributed by atoms with Crippen molar-refractivity contribution in [1.82, 2.24) is 0 Å². The van der Waals surface area contributed by atoms with E-state index in [1.807, 2.05) is 30.3 Å². The van der Waals surface area contributed by atoms with Crippen LogP contribution in [0.25, 0.3) is 0 Å². The molecular weight excluding hydrogens is 325 g/mol. The van der Waals surface area contributed by atoms with Crippen molar-refractivity contribution in [3.05, 3.63) is 65.5 Å². The van der Waals surface area contributed by atoms with Gasteiger partial charge in [-0.05, 0) is 29.7 Å². The van der Waals surface area contributed by atoms with Crippen molar-refractivity contribution in [3.8, 4) is 0 Å². The molecule has 2 N–H and O–H groups in total. The van der Waals surface area contributed by atoms with E-state index in [0.717, 1.165) is 5.56 Å². The molecule has 0 radical (unpaired) electrons. The smallest absolute Gasteiger partial charge is 0.320 e. The molecule has 0 aliphatic rings. The lowest BCUT2D eigenvalue weighted by atomic mass is 9.81. The summed E-state index contributed by atoms with van der Waals surface area (Å²) in [7, 11) is 2.43. The summed E-state index contributed by atoms with van der Waals surface area (Å²) < 4.78 is 22.9. The number of hydrogen-bond donors (Lipinski definition) is 1. The van der Waals surface area contributed by atoms with Crippen molar-refractivity contribution in [2.45, 2.75) is 12.3 Å². The van der Waals surface area contributed by atoms with E-state index in [-0.39, 0.29) is 12.1 Å². The maximum atomic E-state index is 13.3. The highest BCUT2D eigenvalue weighted by Crippen LogP contribution is 2.32. The Balaban J connectivity index is 2.48. The van der Waals surface area contributed by atoms with E-state index in [1.54, 1.807) is 6.07 Å². The predicted octanol–water partition coefficient (Wildman–Crippen LogP) is 2.70. The van der Waals surface area contributed by atoms with Crippen LogP contribution in [0.2, 0.25) is 0 Å². The summed E-state index contributed by atoms with van der Waals surface area (Å²) in [5, 5.41) is 0. The molecule has 0 aliphatic heterocycles. The van der Waals surface area contributed by atoms with E-state index in [2.05, 4.69) is 0 Å². The first-order valence-electron chi connectivity index (χ1n) is 7.72. The number of benzene rings is 2. The van der Waals surface area contributed by atoms with Crippen LogP contribution in [0.1, 0.15) is 17.0 Å². The number of rotatable bonds is 6. The zero-order valence-electron chi connectivity index (χ0n) is 14.1. The summed E-state index contributed by atoms with van der Waals surface area (Å²) in [5.41, 5.74) is 7.54. The number of halogens is 1. The number of ether oxygens (including phenoxy) is 2. The molecule has 0 bridgehead atoms. The summed E-state index contributed by atoms with van der Waals surface area (Å²) in [4.78, 5) is 24.5. The predicted molar refractivity (Wildman–Crippen MR) is 91.2 cm³/mol. The summed E-state index contributed by atoms with van der Waals surface area (Å²) >= 11 is 0. The summed E-state index contributed by atoms with van der Waals surface area (Å²) in [6, 6.07) is 13.1. The van der Waals surface area contributed by atoms with Crippen LogP contribution in [0, 0.1) is 11.7 Å². The van der Waals surface area contributed by atoms with E-state index in [1.165, 1.54) is 26.4 Å². The minimum Gasteiger partial charge on any atom is -0.468 e. The minimum atomic E-state index is -1.15. The number of nitrogens with two attached hydrogens (primary N) is 1. The Hall–Kier alpha value is -2.89. The Morgan fingerprint density at radius 3 is 2.16 bits per heavy atom. The number of hydrogen-bond acceptors (Lipinski definition) is 5. The molecule has 5 nitrogen and oxygen atoms in total. The first kappa shape index (κ1) is 18.4. The molecule has 0 unspecified atom stereocenters. The lowest BCUT2D eigenvalue weighted by Crippen LogP contribution is -2.33. The maximum Gasteiger partial charge on any atom is 0.320 e. The van der Waals surface area contributed by atoms with Crippen molar-refractivity contribution in [3.63, 3.8) is 0 Å². The zero-order valence-corrected chi connectivity index (χ0v) is 14.1. The molecule has 2 aromatic carbocycles. The molecule has 0 aliphatic carbocycles. The molecule has 1 atom stereocenters. The third kappa shape index (κ3) is 4.35. The second-order valence-electron chi connectivity index (χ2n) is 5.59. The Kier molecular flexibility index (Phi) is 6.11. The minimum absolute atomic E-state index is 0.255. The van der Waals surface area contributed by atoms with E-state index in [4.69, 9.17) is 15.2 Å². The SMILES string of the molecule is COC(=O)C(C(=O)OC)[C@H](Cc1ccc(F)cc1N)c1ccccc1. The molecular formula is C19H20FNO4. The number of carbonyl (C=O) groups excluding carboxylic acids is 2. The molecule has 0 aromatic heterocycles. The van der Waals surface area contributed by atoms with Crippen molar-refractivity contribution in [2.24, 2.45) is 5.92 Å². The number of nitrogen functional groups attached to an aromatic ring is 1. The van der Waals surface area contributed by atoms with Gasteiger partial charge in [0.25, 0.3) is 0 Å². The van der Waals surface area contributed by atoms with Crippen LogP contribution in [0.4, 0.5) is 10.1 Å². The number of esters is 2. The van der Waals surface area contributed by atoms with Crippen LogP contribution in [0.3, 0.4) is 0 Å². The van der Waals surface area contributed by atoms with Gasteiger partial charge in [0.15, 0.2) is 5.92 Å². The van der Waals surface area contributed by atoms with Gasteiger partial charge in [0.1, 0.15) is 5.82 Å². The van der Waals surface area contributed by atoms with E-state index >= 15 is 0 Å². The van der Waals surface area contributed by atoms with Crippen molar-refractivity contribution >= 4 is 17.6 Å². The van der Waals surface area contributed by atoms with Gasteiger partial charge in [0.2, 0.25) is 0 Å². The van der Waals surface area contributed by atoms with E-state index < -0.39 is 29.6 Å². The highest BCUT2D eigenvalue weighted by molar-refractivity contribution is 5.96. The normalized spacial score (nSPS) is 11.8. The van der Waals surface area contributed by atoms with Crippen LogP contribution >= 0.6 is 0 Å². The summed E-state index contributed by atoms with van der Waals surface area (Å²) in [6.07, 6.45) is 0.255. The standard InChI is InChI=1S/C19H20FNO4/c1-24-18(22)17(19(23)25-2)15(12-6-4-3-5-7-12)10-13-8-9-14(20)11-16(13)21/h3-9,11,15,17H,10,21H2,1-2H3/t15-/m1/s1. The van der Waals surface area contributed by atoms with Crippen molar-refractivity contribution in [2.75, 3.05) is 20.0 Å². The lowest BCUT2D eigenvalue weighted by Gasteiger charge is -2.24. The lowest BCUT2D eigenvalue weighted by molar-refractivity contribution is -0.160. The molecule has 0 heterocycles. The Morgan fingerprint density at radius 2 is 1.64 bits per heavy atom. The average Bonchev–Trinajstić information content (AvgIpc) is 2.63. The maximum absolute atomic E-state index is 13.3. The highest BCUT2D eigenvalue weighted by Gasteiger charge is 2.38. The molecule has 25 heavy (non-hydrogen) atoms. The fourth-order valence-electron chi connectivity index (χ4n) is 2.80. The quantitative estimate of drug-likeness (QED) is 0.495. The molecule has 2 aromatic rings. The van der Waals surface area contributed by atoms with Gasteiger partial charge in [-0.3, -0.25) is 9.59 Å². The van der Waals surface area contributed by atoms with Gasteiger partial charge in [-0.25, -0.2) is 4.39 Å². The number of carbonyl (C=O) groups is 2. The van der Waals surface area contributed by atoms with Crippen molar-refractivity contribution in [1.29, 1.82) is 0 Å². The summed E-state index contributed by atoms with van der Waals surface area (Å²) in [5.74, 6) is -3.55. The van der Waals surface area contributed by atoms with Crippen LogP contribution in [-0.4, -0.2) is 26.2 Å². The van der Waals surface area contributed by atoms with Gasteiger partial charge in [-0.15, -0.1) is 0 Å². The van der Waals surface area contributed by atoms with Crippen LogP contribution in [0.5, 0.6) is 0 Å². The second-order valence-corrected chi connectivity index (χ2v) is 5.59. The van der Waals surface area contributed by atoms with Gasteiger partial charge in [0, 0.05) is 11.6 Å². The topological polar surface area (TPSA) is 78.6 Å². The molecule has 0 spiro atoms. The van der Waals surface area contributed by atoms with E-state index in [9.17, 15) is 14.0 Å². The molecule has 2 rings (SSSR count). The number of methoxy groups -OCH3 is 2. The zero-order chi connectivity index (χ0) is 18.4. The molecule has 0 amide bonds. The van der Waals surface area contributed by atoms with Gasteiger partial charge < -0.3 is 15.2 Å². The molecule has 0 saturated carbocycles. The first-order chi connectivity index (χ1) is 12.0. The first-order valence-corrected chi connectivity index (χ1v) is 7.72. The van der Waals surface area contributed by atoms with Gasteiger partial charge in [0.05, 0.1) is 14.2 Å². The third-order valence-electron chi connectivity index (χ3n) is 4.09. The monoisotopic (exact) mass is 345 g/mol. The van der Waals surface area contributed by atoms with Gasteiger partial charge >= 0.3 is 11.9 Å². The molecule has 132 valence electrons. The van der Waals surface area contributed by atoms with Gasteiger partial charge in [-0.1, -0.05) is 36.4 Å². The Labute approximate surface area is 145 Å². The van der Waals surface area contributed by atoms with Crippen LogP contribution in [-0.2, 0) is 25.5 Å². The Morgan fingerprint density at radius 1 is 1.04 bits per heavy atom. The highest BCUT2D eigenvalue weighted by atomic mass is 19.1. The van der Waals surface area contributed by atoms with Crippen LogP contribution in [0.15, 0.2) is 48.5 Å². The number of anilines is 1. The largest absolute Gasteiger partial charge is 0.468 e. The van der Waals surface area contributed by atoms with Gasteiger partial charge in [-0.2, -0.15) is 0 Å². The summed E-state index contributed by atoms with van der Waals surface area (Å²) in [6.45, 7) is 0.